The first-order valence-electron chi connectivity index (χ1n) is 8.26. The van der Waals surface area contributed by atoms with Crippen LogP contribution in [0.15, 0.2) is 29.1 Å². The van der Waals surface area contributed by atoms with Crippen LogP contribution in [-0.2, 0) is 25.2 Å². The van der Waals surface area contributed by atoms with Crippen molar-refractivity contribution in [3.63, 3.8) is 0 Å². The van der Waals surface area contributed by atoms with Gasteiger partial charge in [0.25, 0.3) is 0 Å². The Balaban J connectivity index is 1.91. The molecule has 1 heterocycles. The third kappa shape index (κ3) is 5.11. The number of carbonyl (C=O) groups is 1. The lowest BCUT2D eigenvalue weighted by molar-refractivity contribution is -0.147. The SMILES string of the molecule is Cn1c(C(F)(F)F)nn(CCNC(=O)Nc2ccc(C(C)(C)C)cc2)c1=O. The average molecular weight is 385 g/mol. The summed E-state index contributed by atoms with van der Waals surface area (Å²) in [6.45, 7) is 5.99. The molecule has 0 aliphatic rings. The minimum atomic E-state index is -4.72. The number of amides is 2. The minimum Gasteiger partial charge on any atom is -0.336 e. The van der Waals surface area contributed by atoms with Gasteiger partial charge in [0.15, 0.2) is 0 Å². The highest BCUT2D eigenvalue weighted by Crippen LogP contribution is 2.26. The van der Waals surface area contributed by atoms with Crippen molar-refractivity contribution in [2.75, 3.05) is 11.9 Å². The van der Waals surface area contributed by atoms with E-state index < -0.39 is 23.7 Å². The second kappa shape index (κ2) is 7.45. The molecule has 0 spiro atoms. The van der Waals surface area contributed by atoms with Crippen LogP contribution < -0.4 is 16.3 Å². The van der Waals surface area contributed by atoms with E-state index in [1.54, 1.807) is 12.1 Å². The molecule has 0 saturated carbocycles. The van der Waals surface area contributed by atoms with Gasteiger partial charge in [0.2, 0.25) is 5.82 Å². The molecule has 0 fully saturated rings. The van der Waals surface area contributed by atoms with E-state index in [0.29, 0.717) is 14.9 Å². The number of benzene rings is 1. The first-order chi connectivity index (χ1) is 12.4. The van der Waals surface area contributed by atoms with Crippen molar-refractivity contribution >= 4 is 11.7 Å². The summed E-state index contributed by atoms with van der Waals surface area (Å²) in [5.74, 6) is -1.28. The maximum atomic E-state index is 12.7. The number of urea groups is 1. The van der Waals surface area contributed by atoms with Gasteiger partial charge in [-0.2, -0.15) is 13.2 Å². The van der Waals surface area contributed by atoms with Gasteiger partial charge in [-0.3, -0.25) is 4.57 Å². The summed E-state index contributed by atoms with van der Waals surface area (Å²) in [5, 5.41) is 8.36. The van der Waals surface area contributed by atoms with Gasteiger partial charge in [-0.15, -0.1) is 5.10 Å². The number of halogens is 3. The summed E-state index contributed by atoms with van der Waals surface area (Å²) in [7, 11) is 0.996. The molecule has 2 rings (SSSR count). The Morgan fingerprint density at radius 3 is 2.22 bits per heavy atom. The quantitative estimate of drug-likeness (QED) is 0.849. The van der Waals surface area contributed by atoms with Crippen LogP contribution in [0, 0.1) is 0 Å². The number of hydrogen-bond acceptors (Lipinski definition) is 3. The maximum Gasteiger partial charge on any atom is 0.451 e. The predicted molar refractivity (Wildman–Crippen MR) is 94.6 cm³/mol. The molecule has 7 nitrogen and oxygen atoms in total. The third-order valence-corrected chi connectivity index (χ3v) is 3.91. The number of nitrogens with zero attached hydrogens (tertiary/aromatic N) is 3. The van der Waals surface area contributed by atoms with Crippen molar-refractivity contribution in [2.45, 2.75) is 38.9 Å². The van der Waals surface area contributed by atoms with Crippen molar-refractivity contribution in [1.82, 2.24) is 19.7 Å². The highest BCUT2D eigenvalue weighted by Gasteiger charge is 2.37. The van der Waals surface area contributed by atoms with E-state index in [0.717, 1.165) is 12.6 Å². The second-order valence-electron chi connectivity index (χ2n) is 7.09. The molecule has 0 saturated heterocycles. The van der Waals surface area contributed by atoms with Gasteiger partial charge in [-0.1, -0.05) is 32.9 Å². The fraction of sp³-hybridized carbons (Fsp3) is 0.471. The van der Waals surface area contributed by atoms with Crippen LogP contribution in [0.2, 0.25) is 0 Å². The number of nitrogens with one attached hydrogen (secondary N) is 2. The predicted octanol–water partition coefficient (Wildman–Crippen LogP) is 2.72. The molecule has 0 aliphatic heterocycles. The fourth-order valence-electron chi connectivity index (χ4n) is 2.38. The molecule has 0 unspecified atom stereocenters. The zero-order chi connectivity index (χ0) is 20.4. The van der Waals surface area contributed by atoms with Crippen LogP contribution in [-0.4, -0.2) is 26.9 Å². The van der Waals surface area contributed by atoms with Gasteiger partial charge in [-0.25, -0.2) is 14.3 Å². The first-order valence-corrected chi connectivity index (χ1v) is 8.26. The number of rotatable bonds is 4. The van der Waals surface area contributed by atoms with Crippen LogP contribution in [0.3, 0.4) is 0 Å². The van der Waals surface area contributed by atoms with Crippen LogP contribution in [0.4, 0.5) is 23.7 Å². The number of carbonyl (C=O) groups excluding carboxylic acids is 1. The van der Waals surface area contributed by atoms with Crippen molar-refractivity contribution in [1.29, 1.82) is 0 Å². The molecule has 0 bridgehead atoms. The number of anilines is 1. The zero-order valence-electron chi connectivity index (χ0n) is 15.5. The Bertz CT molecular complexity index is 861. The molecule has 0 atom stereocenters. The molecule has 1 aromatic heterocycles. The highest BCUT2D eigenvalue weighted by atomic mass is 19.4. The van der Waals surface area contributed by atoms with Crippen LogP contribution in [0.5, 0.6) is 0 Å². The van der Waals surface area contributed by atoms with E-state index in [1.807, 2.05) is 12.1 Å². The molecular weight excluding hydrogens is 363 g/mol. The molecule has 10 heteroatoms. The van der Waals surface area contributed by atoms with Gasteiger partial charge >= 0.3 is 17.9 Å². The van der Waals surface area contributed by atoms with E-state index >= 15 is 0 Å². The first kappa shape index (κ1) is 20.5. The van der Waals surface area contributed by atoms with E-state index in [1.165, 1.54) is 0 Å². The van der Waals surface area contributed by atoms with E-state index in [4.69, 9.17) is 0 Å². The Morgan fingerprint density at radius 2 is 1.74 bits per heavy atom. The topological polar surface area (TPSA) is 81.0 Å². The standard InChI is InChI=1S/C17H22F3N5O2/c1-16(2,3)11-5-7-12(8-6-11)22-14(26)21-9-10-25-15(27)24(4)13(23-25)17(18,19)20/h5-8H,9-10H2,1-4H3,(H2,21,22,26). The minimum absolute atomic E-state index is 0.00794. The zero-order valence-corrected chi connectivity index (χ0v) is 15.5. The molecule has 2 aromatic rings. The summed E-state index contributed by atoms with van der Waals surface area (Å²) >= 11 is 0. The van der Waals surface area contributed by atoms with Gasteiger partial charge in [0.05, 0.1) is 6.54 Å². The summed E-state index contributed by atoms with van der Waals surface area (Å²) in [5.41, 5.74) is 0.784. The third-order valence-electron chi connectivity index (χ3n) is 3.91. The fourth-order valence-corrected chi connectivity index (χ4v) is 2.38. The number of aromatic nitrogens is 3. The Labute approximate surface area is 154 Å². The molecule has 148 valence electrons. The molecule has 0 aliphatic carbocycles. The van der Waals surface area contributed by atoms with Crippen molar-refractivity contribution in [3.05, 3.63) is 46.1 Å². The largest absolute Gasteiger partial charge is 0.451 e. The number of hydrogen-bond donors (Lipinski definition) is 2. The van der Waals surface area contributed by atoms with E-state index in [-0.39, 0.29) is 18.5 Å². The molecule has 0 radical (unpaired) electrons. The molecular formula is C17H22F3N5O2. The van der Waals surface area contributed by atoms with E-state index in [9.17, 15) is 22.8 Å². The normalized spacial score (nSPS) is 12.1. The summed E-state index contributed by atoms with van der Waals surface area (Å²) in [6, 6.07) is 6.81. The summed E-state index contributed by atoms with van der Waals surface area (Å²) in [4.78, 5) is 23.6. The molecule has 2 N–H and O–H groups in total. The Hall–Kier alpha value is -2.78. The summed E-state index contributed by atoms with van der Waals surface area (Å²) in [6.07, 6.45) is -4.72. The monoisotopic (exact) mass is 385 g/mol. The highest BCUT2D eigenvalue weighted by molar-refractivity contribution is 5.89. The van der Waals surface area contributed by atoms with Crippen molar-refractivity contribution in [3.8, 4) is 0 Å². The van der Waals surface area contributed by atoms with Crippen LogP contribution in [0.25, 0.3) is 0 Å². The molecule has 1 aromatic carbocycles. The maximum absolute atomic E-state index is 12.7. The van der Waals surface area contributed by atoms with Crippen molar-refractivity contribution < 1.29 is 18.0 Å². The molecule has 27 heavy (non-hydrogen) atoms. The van der Waals surface area contributed by atoms with Gasteiger partial charge in [0.1, 0.15) is 0 Å². The summed E-state index contributed by atoms with van der Waals surface area (Å²) < 4.78 is 39.3. The Morgan fingerprint density at radius 1 is 1.15 bits per heavy atom. The van der Waals surface area contributed by atoms with Gasteiger partial charge in [0, 0.05) is 19.3 Å². The smallest absolute Gasteiger partial charge is 0.336 e. The lowest BCUT2D eigenvalue weighted by Gasteiger charge is -2.19. The van der Waals surface area contributed by atoms with Crippen LogP contribution >= 0.6 is 0 Å². The lowest BCUT2D eigenvalue weighted by Crippen LogP contribution is -2.34. The molecule has 2 amide bonds. The van der Waals surface area contributed by atoms with Crippen LogP contribution in [0.1, 0.15) is 32.2 Å². The van der Waals surface area contributed by atoms with Gasteiger partial charge in [-0.05, 0) is 23.1 Å². The van der Waals surface area contributed by atoms with Gasteiger partial charge < -0.3 is 10.6 Å². The second-order valence-corrected chi connectivity index (χ2v) is 7.09. The van der Waals surface area contributed by atoms with Crippen molar-refractivity contribution in [2.24, 2.45) is 7.05 Å². The lowest BCUT2D eigenvalue weighted by atomic mass is 9.87. The van der Waals surface area contributed by atoms with E-state index in [2.05, 4.69) is 36.5 Å². The Kier molecular flexibility index (Phi) is 5.67. The number of alkyl halides is 3. The average Bonchev–Trinajstić information content (AvgIpc) is 2.83.